The van der Waals surface area contributed by atoms with Crippen molar-refractivity contribution in [3.63, 3.8) is 0 Å². The maximum atomic E-state index is 12.0. The zero-order valence-electron chi connectivity index (χ0n) is 11.9. The Morgan fingerprint density at radius 1 is 1.24 bits per heavy atom. The Balaban J connectivity index is 2.34. The molecule has 21 heavy (non-hydrogen) atoms. The number of amides is 1. The fraction of sp³-hybridized carbons (Fsp3) is 0.467. The smallest absolute Gasteiger partial charge is 0.414 e. The number of aromatic carboxylic acids is 1. The Kier molecular flexibility index (Phi) is 4.67. The highest BCUT2D eigenvalue weighted by Crippen LogP contribution is 2.31. The van der Waals surface area contributed by atoms with Gasteiger partial charge in [-0.3, -0.25) is 4.90 Å². The third-order valence-corrected chi connectivity index (χ3v) is 3.80. The van der Waals surface area contributed by atoms with Gasteiger partial charge < -0.3 is 14.9 Å². The van der Waals surface area contributed by atoms with Crippen LogP contribution in [-0.2, 0) is 4.74 Å². The highest BCUT2D eigenvalue weighted by molar-refractivity contribution is 5.93. The average Bonchev–Trinajstić information content (AvgIpc) is 2.48. The van der Waals surface area contributed by atoms with E-state index in [2.05, 4.69) is 0 Å². The first-order valence-corrected chi connectivity index (χ1v) is 6.98. The molecule has 1 amide bonds. The molecule has 114 valence electrons. The zero-order valence-corrected chi connectivity index (χ0v) is 11.9. The van der Waals surface area contributed by atoms with Crippen LogP contribution in [0.5, 0.6) is 5.75 Å². The topological polar surface area (TPSA) is 87.1 Å². The van der Waals surface area contributed by atoms with Gasteiger partial charge in [-0.15, -0.1) is 0 Å². The molecule has 1 aliphatic carbocycles. The van der Waals surface area contributed by atoms with E-state index in [4.69, 9.17) is 9.84 Å². The lowest BCUT2D eigenvalue weighted by molar-refractivity contribution is 0.0693. The van der Waals surface area contributed by atoms with Gasteiger partial charge in [0, 0.05) is 12.1 Å². The van der Waals surface area contributed by atoms with Crippen LogP contribution < -0.4 is 4.90 Å². The summed E-state index contributed by atoms with van der Waals surface area (Å²) in [6.45, 7) is 0. The largest absolute Gasteiger partial charge is 0.507 e. The van der Waals surface area contributed by atoms with Gasteiger partial charge >= 0.3 is 12.1 Å². The van der Waals surface area contributed by atoms with E-state index in [0.717, 1.165) is 32.1 Å². The monoisotopic (exact) mass is 293 g/mol. The Bertz CT molecular complexity index is 537. The summed E-state index contributed by atoms with van der Waals surface area (Å²) in [5.74, 6) is -1.56. The number of anilines is 1. The molecule has 6 heteroatoms. The summed E-state index contributed by atoms with van der Waals surface area (Å²) < 4.78 is 4.83. The predicted octanol–water partition coefficient (Wildman–Crippen LogP) is 3.00. The number of ether oxygens (including phenoxy) is 1. The maximum Gasteiger partial charge on any atom is 0.414 e. The number of carbonyl (C=O) groups is 2. The van der Waals surface area contributed by atoms with Crippen LogP contribution >= 0.6 is 0 Å². The molecule has 0 atom stereocenters. The van der Waals surface area contributed by atoms with E-state index in [-0.39, 0.29) is 17.4 Å². The summed E-state index contributed by atoms with van der Waals surface area (Å²) >= 11 is 0. The number of aromatic hydroxyl groups is 1. The fourth-order valence-corrected chi connectivity index (χ4v) is 2.75. The molecule has 0 bridgehead atoms. The Morgan fingerprint density at radius 2 is 1.90 bits per heavy atom. The van der Waals surface area contributed by atoms with Gasteiger partial charge in [-0.05, 0) is 25.0 Å². The van der Waals surface area contributed by atoms with Gasteiger partial charge in [0.2, 0.25) is 0 Å². The number of methoxy groups -OCH3 is 1. The lowest BCUT2D eigenvalue weighted by Crippen LogP contribution is -2.41. The number of carboxylic acids is 1. The highest BCUT2D eigenvalue weighted by atomic mass is 16.5. The van der Waals surface area contributed by atoms with Crippen molar-refractivity contribution in [3.05, 3.63) is 23.8 Å². The van der Waals surface area contributed by atoms with Gasteiger partial charge in [0.1, 0.15) is 11.3 Å². The number of nitrogens with zero attached hydrogens (tertiary/aromatic N) is 1. The van der Waals surface area contributed by atoms with E-state index in [9.17, 15) is 14.7 Å². The van der Waals surface area contributed by atoms with Gasteiger partial charge in [0.25, 0.3) is 0 Å². The summed E-state index contributed by atoms with van der Waals surface area (Å²) in [5, 5.41) is 18.7. The summed E-state index contributed by atoms with van der Waals surface area (Å²) in [5.41, 5.74) is 0.267. The van der Waals surface area contributed by atoms with Gasteiger partial charge in [-0.1, -0.05) is 19.3 Å². The highest BCUT2D eigenvalue weighted by Gasteiger charge is 2.28. The number of carbonyl (C=O) groups excluding carboxylic acids is 1. The van der Waals surface area contributed by atoms with E-state index in [1.807, 2.05) is 0 Å². The first kappa shape index (κ1) is 15.2. The van der Waals surface area contributed by atoms with Crippen molar-refractivity contribution in [1.82, 2.24) is 0 Å². The van der Waals surface area contributed by atoms with Crippen LogP contribution in [0, 0.1) is 0 Å². The zero-order chi connectivity index (χ0) is 15.4. The van der Waals surface area contributed by atoms with Crippen LogP contribution in [0.15, 0.2) is 18.2 Å². The number of phenols is 1. The number of hydrogen-bond donors (Lipinski definition) is 2. The molecule has 0 heterocycles. The second-order valence-corrected chi connectivity index (χ2v) is 5.14. The van der Waals surface area contributed by atoms with Crippen molar-refractivity contribution < 1.29 is 24.5 Å². The Hall–Kier alpha value is -2.24. The number of rotatable bonds is 3. The standard InChI is InChI=1S/C15H19NO5/c1-21-15(20)16(10-5-3-2-4-6-10)11-7-8-12(14(18)19)13(17)9-11/h7-10,17H,2-6H2,1H3,(H,18,19). The van der Waals surface area contributed by atoms with Crippen LogP contribution in [0.3, 0.4) is 0 Å². The van der Waals surface area contributed by atoms with Crippen molar-refractivity contribution in [2.24, 2.45) is 0 Å². The average molecular weight is 293 g/mol. The molecule has 0 radical (unpaired) electrons. The molecule has 0 spiro atoms. The van der Waals surface area contributed by atoms with Crippen molar-refractivity contribution in [2.45, 2.75) is 38.1 Å². The SMILES string of the molecule is COC(=O)N(c1ccc(C(=O)O)c(O)c1)C1CCCCC1. The molecule has 1 saturated carbocycles. The van der Waals surface area contributed by atoms with Crippen LogP contribution in [0.1, 0.15) is 42.5 Å². The molecule has 1 aromatic carbocycles. The summed E-state index contributed by atoms with van der Waals surface area (Å²) in [6.07, 6.45) is 4.47. The van der Waals surface area contributed by atoms with Crippen molar-refractivity contribution >= 4 is 17.7 Å². The second-order valence-electron chi connectivity index (χ2n) is 5.14. The van der Waals surface area contributed by atoms with Gasteiger partial charge in [-0.25, -0.2) is 9.59 Å². The normalized spacial score (nSPS) is 15.5. The van der Waals surface area contributed by atoms with E-state index in [1.165, 1.54) is 30.2 Å². The maximum absolute atomic E-state index is 12.0. The van der Waals surface area contributed by atoms with Gasteiger partial charge in [0.15, 0.2) is 0 Å². The van der Waals surface area contributed by atoms with Crippen LogP contribution in [-0.4, -0.2) is 35.4 Å². The minimum atomic E-state index is -1.21. The number of hydrogen-bond acceptors (Lipinski definition) is 4. The summed E-state index contributed by atoms with van der Waals surface area (Å²) in [4.78, 5) is 24.5. The third kappa shape index (κ3) is 3.26. The van der Waals surface area contributed by atoms with Gasteiger partial charge in [-0.2, -0.15) is 0 Å². The van der Waals surface area contributed by atoms with Crippen LogP contribution in [0.2, 0.25) is 0 Å². The molecule has 0 saturated heterocycles. The second kappa shape index (κ2) is 6.47. The molecule has 0 unspecified atom stereocenters. The molecule has 2 rings (SSSR count). The lowest BCUT2D eigenvalue weighted by Gasteiger charge is -2.33. The van der Waals surface area contributed by atoms with E-state index in [0.29, 0.717) is 5.69 Å². The van der Waals surface area contributed by atoms with Crippen LogP contribution in [0.25, 0.3) is 0 Å². The van der Waals surface area contributed by atoms with E-state index in [1.54, 1.807) is 0 Å². The van der Waals surface area contributed by atoms with E-state index >= 15 is 0 Å². The van der Waals surface area contributed by atoms with Crippen molar-refractivity contribution in [3.8, 4) is 5.75 Å². The van der Waals surface area contributed by atoms with Crippen molar-refractivity contribution in [1.29, 1.82) is 0 Å². The summed E-state index contributed by atoms with van der Waals surface area (Å²) in [6, 6.07) is 4.14. The first-order valence-electron chi connectivity index (χ1n) is 6.98. The Morgan fingerprint density at radius 3 is 2.43 bits per heavy atom. The molecule has 0 aliphatic heterocycles. The molecule has 1 aromatic rings. The molecule has 6 nitrogen and oxygen atoms in total. The fourth-order valence-electron chi connectivity index (χ4n) is 2.75. The minimum Gasteiger partial charge on any atom is -0.507 e. The molecular formula is C15H19NO5. The molecule has 0 aromatic heterocycles. The molecule has 2 N–H and O–H groups in total. The molecular weight excluding hydrogens is 274 g/mol. The Labute approximate surface area is 122 Å². The first-order chi connectivity index (χ1) is 10.0. The van der Waals surface area contributed by atoms with Crippen LogP contribution in [0.4, 0.5) is 10.5 Å². The van der Waals surface area contributed by atoms with Gasteiger partial charge in [0.05, 0.1) is 12.8 Å². The summed E-state index contributed by atoms with van der Waals surface area (Å²) in [7, 11) is 1.31. The minimum absolute atomic E-state index is 0.0151. The van der Waals surface area contributed by atoms with Crippen molar-refractivity contribution in [2.75, 3.05) is 12.0 Å². The predicted molar refractivity (Wildman–Crippen MR) is 76.8 cm³/mol. The molecule has 1 aliphatic rings. The number of benzene rings is 1. The quantitative estimate of drug-likeness (QED) is 0.894. The lowest BCUT2D eigenvalue weighted by atomic mass is 9.94. The number of carboxylic acid groups (broad SMARTS) is 1. The molecule has 1 fully saturated rings. The third-order valence-electron chi connectivity index (χ3n) is 3.80. The van der Waals surface area contributed by atoms with E-state index < -0.39 is 12.1 Å².